The van der Waals surface area contributed by atoms with Crippen LogP contribution in [0.1, 0.15) is 50.9 Å². The van der Waals surface area contributed by atoms with E-state index in [2.05, 4.69) is 15.9 Å². The zero-order valence-electron chi connectivity index (χ0n) is 14.9. The van der Waals surface area contributed by atoms with E-state index < -0.39 is 17.7 Å². The van der Waals surface area contributed by atoms with E-state index in [1.165, 1.54) is 13.2 Å². The van der Waals surface area contributed by atoms with Crippen molar-refractivity contribution in [3.63, 3.8) is 0 Å². The van der Waals surface area contributed by atoms with Gasteiger partial charge < -0.3 is 18.9 Å². The molecule has 0 atom stereocenters. The third-order valence-electron chi connectivity index (χ3n) is 2.86. The van der Waals surface area contributed by atoms with Gasteiger partial charge in [0.2, 0.25) is 0 Å². The van der Waals surface area contributed by atoms with Gasteiger partial charge in [-0.05, 0) is 49.2 Å². The third kappa shape index (κ3) is 6.40. The van der Waals surface area contributed by atoms with Crippen molar-refractivity contribution in [2.45, 2.75) is 46.1 Å². The molecule has 0 fully saturated rings. The zero-order chi connectivity index (χ0) is 19.2. The molecule has 0 amide bonds. The van der Waals surface area contributed by atoms with Gasteiger partial charge in [0.05, 0.1) is 23.2 Å². The summed E-state index contributed by atoms with van der Waals surface area (Å²) in [5.74, 6) is -0.714. The van der Waals surface area contributed by atoms with Crippen molar-refractivity contribution in [1.82, 2.24) is 0 Å². The molecule has 0 aliphatic rings. The molecule has 0 saturated heterocycles. The van der Waals surface area contributed by atoms with E-state index >= 15 is 0 Å². The van der Waals surface area contributed by atoms with E-state index in [1.54, 1.807) is 20.8 Å². The van der Waals surface area contributed by atoms with Crippen molar-refractivity contribution < 1.29 is 28.5 Å². The molecule has 1 aromatic carbocycles. The first-order chi connectivity index (χ1) is 11.6. The Hall–Kier alpha value is -1.47. The van der Waals surface area contributed by atoms with Crippen LogP contribution in [-0.2, 0) is 9.47 Å². The maximum atomic E-state index is 12.5. The molecule has 0 saturated carbocycles. The SMILES string of the molecule is CCCCOC(=O)c1c(OC)c(Cl)cc(Br)c1OC(=O)OC(C)(C)C. The average molecular weight is 438 g/mol. The van der Waals surface area contributed by atoms with Crippen LogP contribution in [0, 0.1) is 0 Å². The highest BCUT2D eigenvalue weighted by molar-refractivity contribution is 9.10. The summed E-state index contributed by atoms with van der Waals surface area (Å²) in [5, 5.41) is 0.174. The van der Waals surface area contributed by atoms with Crippen molar-refractivity contribution >= 4 is 39.7 Å². The number of carbonyl (C=O) groups is 2. The van der Waals surface area contributed by atoms with Gasteiger partial charge in [0, 0.05) is 0 Å². The maximum absolute atomic E-state index is 12.5. The highest BCUT2D eigenvalue weighted by atomic mass is 79.9. The maximum Gasteiger partial charge on any atom is 0.514 e. The first kappa shape index (κ1) is 21.6. The quantitative estimate of drug-likeness (QED) is 0.338. The van der Waals surface area contributed by atoms with E-state index in [4.69, 9.17) is 30.5 Å². The lowest BCUT2D eigenvalue weighted by Gasteiger charge is -2.20. The van der Waals surface area contributed by atoms with Gasteiger partial charge >= 0.3 is 12.1 Å². The molecule has 140 valence electrons. The second-order valence-corrected chi connectivity index (χ2v) is 7.40. The van der Waals surface area contributed by atoms with Crippen LogP contribution in [0.4, 0.5) is 4.79 Å². The van der Waals surface area contributed by atoms with Crippen LogP contribution >= 0.6 is 27.5 Å². The molecule has 1 rings (SSSR count). The molecule has 0 aliphatic heterocycles. The lowest BCUT2D eigenvalue weighted by Crippen LogP contribution is -2.26. The smallest absolute Gasteiger partial charge is 0.494 e. The molecule has 0 aliphatic carbocycles. The topological polar surface area (TPSA) is 71.1 Å². The number of unbranched alkanes of at least 4 members (excludes halogenated alkanes) is 1. The Bertz CT molecular complexity index is 639. The predicted molar refractivity (Wildman–Crippen MR) is 97.8 cm³/mol. The molecule has 0 bridgehead atoms. The number of hydrogen-bond acceptors (Lipinski definition) is 6. The van der Waals surface area contributed by atoms with Crippen molar-refractivity contribution in [3.05, 3.63) is 21.1 Å². The first-order valence-corrected chi connectivity index (χ1v) is 8.91. The Morgan fingerprint density at radius 3 is 2.40 bits per heavy atom. The highest BCUT2D eigenvalue weighted by Crippen LogP contribution is 2.42. The van der Waals surface area contributed by atoms with Gasteiger partial charge in [-0.2, -0.15) is 0 Å². The predicted octanol–water partition coefficient (Wildman–Crippen LogP) is 5.38. The summed E-state index contributed by atoms with van der Waals surface area (Å²) in [6.45, 7) is 7.30. The number of benzene rings is 1. The van der Waals surface area contributed by atoms with Crippen molar-refractivity contribution in [2.75, 3.05) is 13.7 Å². The fraction of sp³-hybridized carbons (Fsp3) is 0.529. The van der Waals surface area contributed by atoms with Gasteiger partial charge in [0.1, 0.15) is 11.2 Å². The van der Waals surface area contributed by atoms with Gasteiger partial charge in [-0.25, -0.2) is 9.59 Å². The second kappa shape index (κ2) is 9.29. The molecule has 6 nitrogen and oxygen atoms in total. The molecule has 1 aromatic rings. The van der Waals surface area contributed by atoms with Crippen LogP contribution in [-0.4, -0.2) is 31.4 Å². The molecule has 0 radical (unpaired) electrons. The minimum Gasteiger partial charge on any atom is -0.494 e. The molecule has 0 aromatic heterocycles. The number of esters is 1. The molecule has 8 heteroatoms. The summed E-state index contributed by atoms with van der Waals surface area (Å²) >= 11 is 9.36. The molecule has 0 heterocycles. The summed E-state index contributed by atoms with van der Waals surface area (Å²) in [6.07, 6.45) is 0.614. The number of ether oxygens (including phenoxy) is 4. The van der Waals surface area contributed by atoms with Gasteiger partial charge in [0.25, 0.3) is 0 Å². The summed E-state index contributed by atoms with van der Waals surface area (Å²) in [6, 6.07) is 1.46. The molecular formula is C17H22BrClO6. The summed E-state index contributed by atoms with van der Waals surface area (Å²) < 4.78 is 21.1. The van der Waals surface area contributed by atoms with E-state index in [1.807, 2.05) is 6.92 Å². The van der Waals surface area contributed by atoms with E-state index in [0.717, 1.165) is 6.42 Å². The molecular weight excluding hydrogens is 416 g/mol. The van der Waals surface area contributed by atoms with Crippen molar-refractivity contribution in [3.8, 4) is 11.5 Å². The molecule has 25 heavy (non-hydrogen) atoms. The molecule has 0 unspecified atom stereocenters. The normalized spacial score (nSPS) is 11.0. The minimum absolute atomic E-state index is 0.0601. The Morgan fingerprint density at radius 1 is 1.24 bits per heavy atom. The summed E-state index contributed by atoms with van der Waals surface area (Å²) in [4.78, 5) is 24.5. The fourth-order valence-corrected chi connectivity index (χ4v) is 2.73. The van der Waals surface area contributed by atoms with Crippen molar-refractivity contribution in [1.29, 1.82) is 0 Å². The average Bonchev–Trinajstić information content (AvgIpc) is 2.47. The number of halogens is 2. The number of carbonyl (C=O) groups excluding carboxylic acids is 2. The zero-order valence-corrected chi connectivity index (χ0v) is 17.2. The largest absolute Gasteiger partial charge is 0.514 e. The number of rotatable bonds is 6. The van der Waals surface area contributed by atoms with Crippen LogP contribution in [0.25, 0.3) is 0 Å². The van der Waals surface area contributed by atoms with Gasteiger partial charge in [0.15, 0.2) is 11.5 Å². The lowest BCUT2D eigenvalue weighted by molar-refractivity contribution is 0.0200. The fourth-order valence-electron chi connectivity index (χ4n) is 1.80. The van der Waals surface area contributed by atoms with Gasteiger partial charge in [-0.1, -0.05) is 24.9 Å². The lowest BCUT2D eigenvalue weighted by atomic mass is 10.1. The summed E-state index contributed by atoms with van der Waals surface area (Å²) in [7, 11) is 1.36. The van der Waals surface area contributed by atoms with E-state index in [0.29, 0.717) is 10.9 Å². The Labute approximate surface area is 160 Å². The standard InChI is InChI=1S/C17H22BrClO6/c1-6-7-8-23-15(20)12-13(24-16(21)25-17(2,3)4)10(18)9-11(19)14(12)22-5/h9H,6-8H2,1-5H3. The van der Waals surface area contributed by atoms with E-state index in [-0.39, 0.29) is 28.7 Å². The Balaban J connectivity index is 3.25. The second-order valence-electron chi connectivity index (χ2n) is 6.13. The van der Waals surface area contributed by atoms with Crippen LogP contribution in [0.15, 0.2) is 10.5 Å². The molecule has 0 spiro atoms. The summed E-state index contributed by atoms with van der Waals surface area (Å²) in [5.41, 5.74) is -0.828. The van der Waals surface area contributed by atoms with Crippen LogP contribution in [0.3, 0.4) is 0 Å². The Kier molecular flexibility index (Phi) is 8.02. The Morgan fingerprint density at radius 2 is 1.88 bits per heavy atom. The first-order valence-electron chi connectivity index (χ1n) is 7.74. The van der Waals surface area contributed by atoms with Crippen molar-refractivity contribution in [2.24, 2.45) is 0 Å². The number of methoxy groups -OCH3 is 1. The van der Waals surface area contributed by atoms with Crippen LogP contribution in [0.2, 0.25) is 5.02 Å². The number of hydrogen-bond donors (Lipinski definition) is 0. The van der Waals surface area contributed by atoms with Gasteiger partial charge in [-0.15, -0.1) is 0 Å². The third-order valence-corrected chi connectivity index (χ3v) is 3.73. The molecule has 0 N–H and O–H groups in total. The monoisotopic (exact) mass is 436 g/mol. The van der Waals surface area contributed by atoms with Crippen LogP contribution < -0.4 is 9.47 Å². The van der Waals surface area contributed by atoms with E-state index in [9.17, 15) is 9.59 Å². The minimum atomic E-state index is -0.958. The van der Waals surface area contributed by atoms with Gasteiger partial charge in [-0.3, -0.25) is 0 Å². The van der Waals surface area contributed by atoms with Crippen LogP contribution in [0.5, 0.6) is 11.5 Å². The highest BCUT2D eigenvalue weighted by Gasteiger charge is 2.29.